The molecule has 2 rings (SSSR count). The van der Waals surface area contributed by atoms with E-state index in [0.29, 0.717) is 11.9 Å². The molecule has 0 aromatic carbocycles. The summed E-state index contributed by atoms with van der Waals surface area (Å²) in [4.78, 5) is 0. The van der Waals surface area contributed by atoms with Gasteiger partial charge in [0.2, 0.25) is 5.88 Å². The summed E-state index contributed by atoms with van der Waals surface area (Å²) < 4.78 is 5.45. The highest BCUT2D eigenvalue weighted by Gasteiger charge is 2.20. The Balaban J connectivity index is 1.74. The molecule has 1 aliphatic carbocycles. The van der Waals surface area contributed by atoms with E-state index in [2.05, 4.69) is 22.4 Å². The number of nitrogens with one attached hydrogen (secondary N) is 1. The molecule has 0 unspecified atom stereocenters. The average Bonchev–Trinajstić information content (AvgIpc) is 3.12. The minimum Gasteiger partial charge on any atom is -0.477 e. The van der Waals surface area contributed by atoms with Gasteiger partial charge in [-0.15, -0.1) is 5.10 Å². The van der Waals surface area contributed by atoms with Crippen LogP contribution in [0.15, 0.2) is 12.1 Å². The van der Waals surface area contributed by atoms with E-state index in [-0.39, 0.29) is 0 Å². The van der Waals surface area contributed by atoms with E-state index in [4.69, 9.17) is 4.74 Å². The van der Waals surface area contributed by atoms with Crippen LogP contribution in [0.3, 0.4) is 0 Å². The quantitative estimate of drug-likeness (QED) is 0.714. The van der Waals surface area contributed by atoms with Crippen molar-refractivity contribution in [2.45, 2.75) is 45.2 Å². The summed E-state index contributed by atoms with van der Waals surface area (Å²) >= 11 is 0. The van der Waals surface area contributed by atoms with Gasteiger partial charge in [0.15, 0.2) is 0 Å². The van der Waals surface area contributed by atoms with Gasteiger partial charge in [-0.2, -0.15) is 5.10 Å². The molecular formula is C12H19N3O. The molecular weight excluding hydrogens is 202 g/mol. The van der Waals surface area contributed by atoms with E-state index in [1.165, 1.54) is 12.8 Å². The molecule has 1 saturated carbocycles. The molecule has 1 aromatic rings. The molecule has 1 aromatic heterocycles. The van der Waals surface area contributed by atoms with Crippen LogP contribution < -0.4 is 10.1 Å². The Morgan fingerprint density at radius 2 is 2.25 bits per heavy atom. The van der Waals surface area contributed by atoms with Gasteiger partial charge in [-0.25, -0.2) is 0 Å². The number of hydrogen-bond acceptors (Lipinski definition) is 4. The molecule has 0 spiro atoms. The molecule has 0 bridgehead atoms. The zero-order valence-corrected chi connectivity index (χ0v) is 9.78. The van der Waals surface area contributed by atoms with Gasteiger partial charge in [-0.05, 0) is 25.3 Å². The van der Waals surface area contributed by atoms with Crippen molar-refractivity contribution >= 4 is 0 Å². The highest BCUT2D eigenvalue weighted by molar-refractivity contribution is 5.11. The highest BCUT2D eigenvalue weighted by atomic mass is 16.5. The number of unbranched alkanes of at least 4 members (excludes halogenated alkanes) is 1. The first kappa shape index (κ1) is 11.3. The zero-order valence-electron chi connectivity index (χ0n) is 9.78. The van der Waals surface area contributed by atoms with Crippen molar-refractivity contribution in [2.24, 2.45) is 0 Å². The first-order valence-electron chi connectivity index (χ1n) is 6.07. The molecule has 1 heterocycles. The minimum atomic E-state index is 0.628. The minimum absolute atomic E-state index is 0.628. The van der Waals surface area contributed by atoms with E-state index in [1.807, 2.05) is 12.1 Å². The maximum Gasteiger partial charge on any atom is 0.233 e. The van der Waals surface area contributed by atoms with Crippen molar-refractivity contribution in [3.63, 3.8) is 0 Å². The molecule has 1 fully saturated rings. The number of hydrogen-bond donors (Lipinski definition) is 1. The normalized spacial score (nSPS) is 15.1. The summed E-state index contributed by atoms with van der Waals surface area (Å²) in [6.07, 6.45) is 4.79. The third kappa shape index (κ3) is 3.77. The Labute approximate surface area is 96.4 Å². The van der Waals surface area contributed by atoms with Crippen LogP contribution in [0.1, 0.15) is 38.3 Å². The topological polar surface area (TPSA) is 47.0 Å². The maximum absolute atomic E-state index is 5.45. The molecule has 16 heavy (non-hydrogen) atoms. The zero-order chi connectivity index (χ0) is 11.2. The SMILES string of the molecule is CCCCOc1ccc(CNC2CC2)nn1. The van der Waals surface area contributed by atoms with Crippen LogP contribution in [0, 0.1) is 0 Å². The van der Waals surface area contributed by atoms with Crippen LogP contribution >= 0.6 is 0 Å². The molecule has 4 heteroatoms. The summed E-state index contributed by atoms with van der Waals surface area (Å²) in [5, 5.41) is 11.6. The fourth-order valence-corrected chi connectivity index (χ4v) is 1.38. The second kappa shape index (κ2) is 5.80. The van der Waals surface area contributed by atoms with Crippen LogP contribution in [0.2, 0.25) is 0 Å². The average molecular weight is 221 g/mol. The fraction of sp³-hybridized carbons (Fsp3) is 0.667. The lowest BCUT2D eigenvalue weighted by molar-refractivity contribution is 0.294. The van der Waals surface area contributed by atoms with Crippen molar-refractivity contribution in [1.29, 1.82) is 0 Å². The Hall–Kier alpha value is -1.16. The third-order valence-corrected chi connectivity index (χ3v) is 2.59. The Kier molecular flexibility index (Phi) is 4.10. The lowest BCUT2D eigenvalue weighted by Crippen LogP contribution is -2.16. The summed E-state index contributed by atoms with van der Waals surface area (Å²) in [6.45, 7) is 3.68. The van der Waals surface area contributed by atoms with Gasteiger partial charge < -0.3 is 10.1 Å². The van der Waals surface area contributed by atoms with Gasteiger partial charge in [0, 0.05) is 18.7 Å². The van der Waals surface area contributed by atoms with E-state index < -0.39 is 0 Å². The molecule has 0 saturated heterocycles. The van der Waals surface area contributed by atoms with E-state index >= 15 is 0 Å². The molecule has 1 N–H and O–H groups in total. The summed E-state index contributed by atoms with van der Waals surface area (Å²) in [6, 6.07) is 4.58. The van der Waals surface area contributed by atoms with Gasteiger partial charge in [0.1, 0.15) is 0 Å². The molecule has 1 aliphatic rings. The third-order valence-electron chi connectivity index (χ3n) is 2.59. The standard InChI is InChI=1S/C12H19N3O/c1-2-3-8-16-12-7-6-11(14-15-12)9-13-10-4-5-10/h6-7,10,13H,2-5,8-9H2,1H3. The second-order valence-electron chi connectivity index (χ2n) is 4.22. The number of aromatic nitrogens is 2. The lowest BCUT2D eigenvalue weighted by Gasteiger charge is -2.04. The van der Waals surface area contributed by atoms with Crippen LogP contribution in [0.4, 0.5) is 0 Å². The Bertz CT molecular complexity index is 309. The van der Waals surface area contributed by atoms with Gasteiger partial charge in [-0.1, -0.05) is 13.3 Å². The van der Waals surface area contributed by atoms with Crippen LogP contribution in [-0.4, -0.2) is 22.8 Å². The second-order valence-corrected chi connectivity index (χ2v) is 4.22. The number of nitrogens with zero attached hydrogens (tertiary/aromatic N) is 2. The fourth-order valence-electron chi connectivity index (χ4n) is 1.38. The first-order valence-corrected chi connectivity index (χ1v) is 6.07. The van der Waals surface area contributed by atoms with Crippen LogP contribution in [0.25, 0.3) is 0 Å². The van der Waals surface area contributed by atoms with E-state index in [9.17, 15) is 0 Å². The molecule has 0 radical (unpaired) electrons. The number of rotatable bonds is 7. The van der Waals surface area contributed by atoms with Crippen LogP contribution in [-0.2, 0) is 6.54 Å². The molecule has 88 valence electrons. The molecule has 0 atom stereocenters. The lowest BCUT2D eigenvalue weighted by atomic mass is 10.3. The Morgan fingerprint density at radius 3 is 2.88 bits per heavy atom. The van der Waals surface area contributed by atoms with Crippen molar-refractivity contribution < 1.29 is 4.74 Å². The summed E-state index contributed by atoms with van der Waals surface area (Å²) in [5.41, 5.74) is 0.981. The summed E-state index contributed by atoms with van der Waals surface area (Å²) in [7, 11) is 0. The van der Waals surface area contributed by atoms with Crippen LogP contribution in [0.5, 0.6) is 5.88 Å². The van der Waals surface area contributed by atoms with Gasteiger partial charge in [-0.3, -0.25) is 0 Å². The van der Waals surface area contributed by atoms with Crippen molar-refractivity contribution in [1.82, 2.24) is 15.5 Å². The monoisotopic (exact) mass is 221 g/mol. The smallest absolute Gasteiger partial charge is 0.233 e. The van der Waals surface area contributed by atoms with Crippen molar-refractivity contribution in [3.05, 3.63) is 17.8 Å². The highest BCUT2D eigenvalue weighted by Crippen LogP contribution is 2.19. The maximum atomic E-state index is 5.45. The van der Waals surface area contributed by atoms with E-state index in [1.54, 1.807) is 0 Å². The molecule has 0 aliphatic heterocycles. The van der Waals surface area contributed by atoms with Crippen molar-refractivity contribution in [3.8, 4) is 5.88 Å². The van der Waals surface area contributed by atoms with Gasteiger partial charge >= 0.3 is 0 Å². The molecule has 0 amide bonds. The summed E-state index contributed by atoms with van der Waals surface area (Å²) in [5.74, 6) is 0.628. The van der Waals surface area contributed by atoms with E-state index in [0.717, 1.165) is 31.7 Å². The Morgan fingerprint density at radius 1 is 1.38 bits per heavy atom. The first-order chi connectivity index (χ1) is 7.88. The predicted octanol–water partition coefficient (Wildman–Crippen LogP) is 1.91. The predicted molar refractivity (Wildman–Crippen MR) is 62.3 cm³/mol. The van der Waals surface area contributed by atoms with Gasteiger partial charge in [0.05, 0.1) is 12.3 Å². The number of ether oxygens (including phenoxy) is 1. The van der Waals surface area contributed by atoms with Gasteiger partial charge in [0.25, 0.3) is 0 Å². The van der Waals surface area contributed by atoms with Crippen molar-refractivity contribution in [2.75, 3.05) is 6.61 Å². The molecule has 4 nitrogen and oxygen atoms in total. The largest absolute Gasteiger partial charge is 0.477 e.